The molecule has 0 unspecified atom stereocenters. The molecule has 0 fully saturated rings. The van der Waals surface area contributed by atoms with Crippen LogP contribution in [0.4, 0.5) is 11.5 Å². The van der Waals surface area contributed by atoms with Crippen molar-refractivity contribution in [2.45, 2.75) is 6.54 Å². The van der Waals surface area contributed by atoms with E-state index in [-0.39, 0.29) is 5.69 Å². The van der Waals surface area contributed by atoms with Crippen molar-refractivity contribution < 1.29 is 0 Å². The van der Waals surface area contributed by atoms with Gasteiger partial charge in [-0.25, -0.2) is 4.98 Å². The number of hydrogen-bond acceptors (Lipinski definition) is 6. The number of nitrogens with zero attached hydrogens (tertiary/aromatic N) is 5. The van der Waals surface area contributed by atoms with Gasteiger partial charge in [0.15, 0.2) is 5.69 Å². The second-order valence-electron chi connectivity index (χ2n) is 3.34. The second-order valence-corrected chi connectivity index (χ2v) is 3.34. The number of pyridine rings is 1. The lowest BCUT2D eigenvalue weighted by Gasteiger charge is -2.06. The summed E-state index contributed by atoms with van der Waals surface area (Å²) in [7, 11) is 0. The maximum Gasteiger partial charge on any atom is 0.165 e. The lowest BCUT2D eigenvalue weighted by Crippen LogP contribution is -2.12. The fourth-order valence-corrected chi connectivity index (χ4v) is 1.31. The molecule has 0 aromatic carbocycles. The molecule has 0 radical (unpaired) electrons. The molecule has 0 bridgehead atoms. The molecule has 0 aliphatic rings. The van der Waals surface area contributed by atoms with Crippen LogP contribution in [0.1, 0.15) is 5.69 Å². The van der Waals surface area contributed by atoms with Crippen LogP contribution >= 0.6 is 0 Å². The van der Waals surface area contributed by atoms with Gasteiger partial charge in [0.05, 0.1) is 18.4 Å². The Hall–Kier alpha value is -2.62. The average Bonchev–Trinajstić information content (AvgIpc) is 2.84. The molecule has 7 heteroatoms. The van der Waals surface area contributed by atoms with E-state index in [2.05, 4.69) is 20.6 Å². The van der Waals surface area contributed by atoms with Crippen molar-refractivity contribution in [1.29, 1.82) is 5.26 Å². The first kappa shape index (κ1) is 10.9. The molecule has 0 aliphatic carbocycles. The summed E-state index contributed by atoms with van der Waals surface area (Å²) < 4.78 is 1.70. The molecule has 86 valence electrons. The van der Waals surface area contributed by atoms with Gasteiger partial charge in [-0.3, -0.25) is 4.68 Å². The van der Waals surface area contributed by atoms with Crippen molar-refractivity contribution in [3.8, 4) is 6.07 Å². The van der Waals surface area contributed by atoms with E-state index in [0.29, 0.717) is 24.6 Å². The molecular weight excluding hydrogens is 218 g/mol. The van der Waals surface area contributed by atoms with Crippen LogP contribution in [0.3, 0.4) is 0 Å². The fraction of sp³-hybridized carbons (Fsp3) is 0.200. The zero-order valence-electron chi connectivity index (χ0n) is 9.04. The summed E-state index contributed by atoms with van der Waals surface area (Å²) in [5, 5.41) is 19.4. The number of nitriles is 1. The summed E-state index contributed by atoms with van der Waals surface area (Å²) in [6, 6.07) is 5.33. The number of rotatable bonds is 4. The molecule has 0 spiro atoms. The molecule has 0 atom stereocenters. The van der Waals surface area contributed by atoms with Gasteiger partial charge >= 0.3 is 0 Å². The zero-order chi connectivity index (χ0) is 12.1. The Bertz CT molecular complexity index is 526. The maximum absolute atomic E-state index is 8.78. The van der Waals surface area contributed by atoms with Crippen LogP contribution in [0.5, 0.6) is 0 Å². The van der Waals surface area contributed by atoms with Gasteiger partial charge in [-0.1, -0.05) is 5.21 Å². The van der Waals surface area contributed by atoms with E-state index in [9.17, 15) is 0 Å². The van der Waals surface area contributed by atoms with Gasteiger partial charge in [-0.05, 0) is 12.1 Å². The van der Waals surface area contributed by atoms with Crippen molar-refractivity contribution in [3.63, 3.8) is 0 Å². The van der Waals surface area contributed by atoms with Gasteiger partial charge in [0, 0.05) is 12.7 Å². The molecular formula is C10H11N7. The number of nitrogens with one attached hydrogen (secondary N) is 1. The largest absolute Gasteiger partial charge is 0.396 e. The van der Waals surface area contributed by atoms with Crippen molar-refractivity contribution >= 4 is 11.5 Å². The van der Waals surface area contributed by atoms with Crippen molar-refractivity contribution in [1.82, 2.24) is 20.0 Å². The van der Waals surface area contributed by atoms with Crippen molar-refractivity contribution in [3.05, 3.63) is 30.2 Å². The Morgan fingerprint density at radius 1 is 1.47 bits per heavy atom. The van der Waals surface area contributed by atoms with E-state index in [4.69, 9.17) is 11.0 Å². The summed E-state index contributed by atoms with van der Waals surface area (Å²) in [4.78, 5) is 4.07. The molecule has 0 saturated heterocycles. The van der Waals surface area contributed by atoms with Gasteiger partial charge in [0.1, 0.15) is 11.9 Å². The number of hydrogen-bond donors (Lipinski definition) is 2. The molecule has 2 heterocycles. The van der Waals surface area contributed by atoms with Gasteiger partial charge < -0.3 is 11.1 Å². The average molecular weight is 229 g/mol. The first-order valence-electron chi connectivity index (χ1n) is 5.04. The van der Waals surface area contributed by atoms with Crippen LogP contribution in [0.2, 0.25) is 0 Å². The van der Waals surface area contributed by atoms with E-state index >= 15 is 0 Å². The Labute approximate surface area is 97.9 Å². The highest BCUT2D eigenvalue weighted by Gasteiger charge is 2.01. The summed E-state index contributed by atoms with van der Waals surface area (Å²) in [6.45, 7) is 1.32. The number of aromatic nitrogens is 4. The molecule has 0 amide bonds. The van der Waals surface area contributed by atoms with Gasteiger partial charge in [0.25, 0.3) is 0 Å². The first-order chi connectivity index (χ1) is 8.29. The Morgan fingerprint density at radius 2 is 2.35 bits per heavy atom. The summed E-state index contributed by atoms with van der Waals surface area (Å²) in [6.07, 6.45) is 3.40. The fourth-order valence-electron chi connectivity index (χ4n) is 1.31. The zero-order valence-corrected chi connectivity index (χ0v) is 9.04. The summed E-state index contributed by atoms with van der Waals surface area (Å²) in [5.74, 6) is 0.621. The van der Waals surface area contributed by atoms with Crippen molar-refractivity contribution in [2.75, 3.05) is 17.6 Å². The molecule has 2 aromatic heterocycles. The van der Waals surface area contributed by atoms with E-state index in [1.165, 1.54) is 0 Å². The number of nitrogen functional groups attached to an aromatic ring is 1. The Morgan fingerprint density at radius 3 is 3.06 bits per heavy atom. The Balaban J connectivity index is 1.93. The molecule has 2 rings (SSSR count). The SMILES string of the molecule is N#Cc1nc(NCCn2ccnn2)ccc1N. The van der Waals surface area contributed by atoms with E-state index in [1.807, 2.05) is 6.07 Å². The molecule has 0 saturated carbocycles. The highest BCUT2D eigenvalue weighted by atomic mass is 15.4. The van der Waals surface area contributed by atoms with E-state index < -0.39 is 0 Å². The van der Waals surface area contributed by atoms with Crippen LogP contribution < -0.4 is 11.1 Å². The van der Waals surface area contributed by atoms with Gasteiger partial charge in [-0.2, -0.15) is 5.26 Å². The normalized spacial score (nSPS) is 9.82. The van der Waals surface area contributed by atoms with Crippen LogP contribution in [0.25, 0.3) is 0 Å². The first-order valence-corrected chi connectivity index (χ1v) is 5.04. The minimum atomic E-state index is 0.232. The second kappa shape index (κ2) is 4.94. The topological polar surface area (TPSA) is 105 Å². The van der Waals surface area contributed by atoms with E-state index in [0.717, 1.165) is 0 Å². The maximum atomic E-state index is 8.78. The molecule has 17 heavy (non-hydrogen) atoms. The Kier molecular flexibility index (Phi) is 3.16. The smallest absolute Gasteiger partial charge is 0.165 e. The minimum Gasteiger partial charge on any atom is -0.396 e. The molecule has 7 nitrogen and oxygen atoms in total. The third-order valence-corrected chi connectivity index (χ3v) is 2.15. The highest BCUT2D eigenvalue weighted by molar-refractivity contribution is 5.54. The molecule has 2 aromatic rings. The van der Waals surface area contributed by atoms with Gasteiger partial charge in [-0.15, -0.1) is 5.10 Å². The van der Waals surface area contributed by atoms with Crippen LogP contribution in [-0.4, -0.2) is 26.5 Å². The molecule has 0 aliphatic heterocycles. The van der Waals surface area contributed by atoms with Crippen LogP contribution in [-0.2, 0) is 6.54 Å². The monoisotopic (exact) mass is 229 g/mol. The number of anilines is 2. The standard InChI is InChI=1S/C10H11N7/c11-7-9-8(12)1-2-10(15-9)13-3-5-17-6-4-14-16-17/h1-2,4,6H,3,5,12H2,(H,13,15). The van der Waals surface area contributed by atoms with Crippen LogP contribution in [0, 0.1) is 11.3 Å². The molecule has 3 N–H and O–H groups in total. The lowest BCUT2D eigenvalue weighted by molar-refractivity contribution is 0.608. The quantitative estimate of drug-likeness (QED) is 0.777. The summed E-state index contributed by atoms with van der Waals surface area (Å²) in [5.41, 5.74) is 6.19. The summed E-state index contributed by atoms with van der Waals surface area (Å²) >= 11 is 0. The van der Waals surface area contributed by atoms with Gasteiger partial charge in [0.2, 0.25) is 0 Å². The van der Waals surface area contributed by atoms with Crippen LogP contribution in [0.15, 0.2) is 24.5 Å². The predicted octanol–water partition coefficient (Wildman–Crippen LogP) is 0.239. The minimum absolute atomic E-state index is 0.232. The lowest BCUT2D eigenvalue weighted by atomic mass is 10.3. The third kappa shape index (κ3) is 2.69. The number of nitrogens with two attached hydrogens (primary N) is 1. The van der Waals surface area contributed by atoms with E-state index in [1.54, 1.807) is 29.2 Å². The third-order valence-electron chi connectivity index (χ3n) is 2.15. The predicted molar refractivity (Wildman–Crippen MR) is 61.9 cm³/mol. The highest BCUT2D eigenvalue weighted by Crippen LogP contribution is 2.11. The van der Waals surface area contributed by atoms with Crippen molar-refractivity contribution in [2.24, 2.45) is 0 Å².